The molecule has 19 heavy (non-hydrogen) atoms. The van der Waals surface area contributed by atoms with Crippen LogP contribution in [0.1, 0.15) is 32.6 Å². The second kappa shape index (κ2) is 6.97. The lowest BCUT2D eigenvalue weighted by Gasteiger charge is -2.09. The van der Waals surface area contributed by atoms with Gasteiger partial charge < -0.3 is 16.0 Å². The summed E-state index contributed by atoms with van der Waals surface area (Å²) in [6.07, 6.45) is 5.62. The number of carbonyl (C=O) groups is 1. The highest BCUT2D eigenvalue weighted by Gasteiger charge is 2.22. The predicted molar refractivity (Wildman–Crippen MR) is 77.3 cm³/mol. The highest BCUT2D eigenvalue weighted by atomic mass is 16.1. The van der Waals surface area contributed by atoms with Crippen molar-refractivity contribution in [1.29, 1.82) is 0 Å². The molecule has 0 saturated heterocycles. The van der Waals surface area contributed by atoms with Gasteiger partial charge in [0.15, 0.2) is 0 Å². The van der Waals surface area contributed by atoms with Crippen molar-refractivity contribution in [2.45, 2.75) is 38.6 Å². The van der Waals surface area contributed by atoms with Crippen molar-refractivity contribution in [3.8, 4) is 0 Å². The third kappa shape index (κ3) is 5.16. The molecule has 1 aromatic rings. The second-order valence-electron chi connectivity index (χ2n) is 4.88. The third-order valence-corrected chi connectivity index (χ3v) is 2.94. The second-order valence-corrected chi connectivity index (χ2v) is 4.88. The summed E-state index contributed by atoms with van der Waals surface area (Å²) in [5.41, 5.74) is 0.993. The molecule has 0 atom stereocenters. The number of hydrogen-bond acceptors (Lipinski definition) is 4. The van der Waals surface area contributed by atoms with Gasteiger partial charge in [0.25, 0.3) is 0 Å². The van der Waals surface area contributed by atoms with Crippen LogP contribution in [-0.4, -0.2) is 30.0 Å². The Labute approximate surface area is 114 Å². The first kappa shape index (κ1) is 13.6. The number of rotatable bonds is 8. The molecule has 3 N–H and O–H groups in total. The fourth-order valence-electron chi connectivity index (χ4n) is 1.74. The van der Waals surface area contributed by atoms with Crippen molar-refractivity contribution >= 4 is 17.4 Å². The van der Waals surface area contributed by atoms with Crippen molar-refractivity contribution in [3.05, 3.63) is 18.3 Å². The molecular formula is C14H22N4O. The number of aromatic nitrogens is 1. The molecule has 0 aromatic carbocycles. The molecule has 0 bridgehead atoms. The first-order valence-electron chi connectivity index (χ1n) is 7.01. The first-order valence-corrected chi connectivity index (χ1v) is 7.01. The molecule has 1 aliphatic carbocycles. The summed E-state index contributed by atoms with van der Waals surface area (Å²) in [5.74, 6) is 1.00. The smallest absolute Gasteiger partial charge is 0.221 e. The molecule has 1 fully saturated rings. The number of nitrogens with zero attached hydrogens (tertiary/aromatic N) is 1. The quantitative estimate of drug-likeness (QED) is 0.670. The lowest BCUT2D eigenvalue weighted by atomic mass is 10.3. The van der Waals surface area contributed by atoms with Crippen LogP contribution < -0.4 is 16.0 Å². The van der Waals surface area contributed by atoms with E-state index in [0.29, 0.717) is 19.0 Å². The largest absolute Gasteiger partial charge is 0.384 e. The van der Waals surface area contributed by atoms with Crippen molar-refractivity contribution in [3.63, 3.8) is 0 Å². The van der Waals surface area contributed by atoms with E-state index in [4.69, 9.17) is 0 Å². The molecule has 1 amide bonds. The van der Waals surface area contributed by atoms with E-state index < -0.39 is 0 Å². The fourth-order valence-corrected chi connectivity index (χ4v) is 1.74. The Morgan fingerprint density at radius 2 is 2.21 bits per heavy atom. The molecule has 2 rings (SSSR count). The van der Waals surface area contributed by atoms with Crippen molar-refractivity contribution in [1.82, 2.24) is 10.3 Å². The number of anilines is 2. The van der Waals surface area contributed by atoms with E-state index in [0.717, 1.165) is 37.3 Å². The maximum atomic E-state index is 11.5. The summed E-state index contributed by atoms with van der Waals surface area (Å²) in [6.45, 7) is 3.68. The molecule has 0 radical (unpaired) electrons. The summed E-state index contributed by atoms with van der Waals surface area (Å²) in [7, 11) is 0. The highest BCUT2D eigenvalue weighted by molar-refractivity contribution is 5.77. The van der Waals surface area contributed by atoms with Gasteiger partial charge in [-0.25, -0.2) is 4.98 Å². The number of carbonyl (C=O) groups excluding carboxylic acids is 1. The van der Waals surface area contributed by atoms with Gasteiger partial charge in [-0.3, -0.25) is 4.79 Å². The van der Waals surface area contributed by atoms with Crippen molar-refractivity contribution in [2.24, 2.45) is 0 Å². The van der Waals surface area contributed by atoms with Gasteiger partial charge in [-0.15, -0.1) is 0 Å². The molecule has 0 spiro atoms. The maximum absolute atomic E-state index is 11.5. The number of pyridine rings is 1. The lowest BCUT2D eigenvalue weighted by Crippen LogP contribution is -2.27. The molecule has 104 valence electrons. The summed E-state index contributed by atoms with van der Waals surface area (Å²) in [5, 5.41) is 9.46. The molecule has 5 nitrogen and oxygen atoms in total. The van der Waals surface area contributed by atoms with Gasteiger partial charge in [0.05, 0.1) is 0 Å². The molecule has 1 saturated carbocycles. The van der Waals surface area contributed by atoms with Gasteiger partial charge in [-0.2, -0.15) is 0 Å². The molecule has 0 unspecified atom stereocenters. The van der Waals surface area contributed by atoms with E-state index in [1.165, 1.54) is 0 Å². The van der Waals surface area contributed by atoms with Crippen LogP contribution in [0.4, 0.5) is 11.5 Å². The monoisotopic (exact) mass is 262 g/mol. The predicted octanol–water partition coefficient (Wildman–Crippen LogP) is 1.98. The number of amides is 1. The standard InChI is InChI=1S/C14H22N4O/c1-2-7-16-13-10-12(5-8-17-13)15-9-6-14(19)18-11-3-4-11/h5,8,10-11H,2-4,6-7,9H2,1H3,(H,18,19)(H2,15,16,17). The van der Waals surface area contributed by atoms with Gasteiger partial charge in [0.1, 0.15) is 5.82 Å². The molecule has 0 aliphatic heterocycles. The van der Waals surface area contributed by atoms with Crippen LogP contribution >= 0.6 is 0 Å². The minimum absolute atomic E-state index is 0.133. The average molecular weight is 262 g/mol. The van der Waals surface area contributed by atoms with Crippen LogP contribution in [0.3, 0.4) is 0 Å². The van der Waals surface area contributed by atoms with E-state index in [9.17, 15) is 4.79 Å². The van der Waals surface area contributed by atoms with Crippen molar-refractivity contribution in [2.75, 3.05) is 23.7 Å². The zero-order valence-electron chi connectivity index (χ0n) is 11.4. The molecule has 5 heteroatoms. The minimum Gasteiger partial charge on any atom is -0.384 e. The lowest BCUT2D eigenvalue weighted by molar-refractivity contribution is -0.120. The van der Waals surface area contributed by atoms with Crippen LogP contribution in [-0.2, 0) is 4.79 Å². The van der Waals surface area contributed by atoms with Gasteiger partial charge in [0, 0.05) is 43.5 Å². The fraction of sp³-hybridized carbons (Fsp3) is 0.571. The molecular weight excluding hydrogens is 240 g/mol. The third-order valence-electron chi connectivity index (χ3n) is 2.94. The van der Waals surface area contributed by atoms with Gasteiger partial charge >= 0.3 is 0 Å². The average Bonchev–Trinajstić information content (AvgIpc) is 3.21. The van der Waals surface area contributed by atoms with E-state index in [-0.39, 0.29) is 5.91 Å². The van der Waals surface area contributed by atoms with Crippen molar-refractivity contribution < 1.29 is 4.79 Å². The van der Waals surface area contributed by atoms with E-state index in [1.807, 2.05) is 12.1 Å². The maximum Gasteiger partial charge on any atom is 0.221 e. The highest BCUT2D eigenvalue weighted by Crippen LogP contribution is 2.18. The molecule has 1 heterocycles. The Kier molecular flexibility index (Phi) is 5.01. The van der Waals surface area contributed by atoms with Crippen LogP contribution in [0.5, 0.6) is 0 Å². The Morgan fingerprint density at radius 1 is 1.37 bits per heavy atom. The molecule has 1 aromatic heterocycles. The summed E-state index contributed by atoms with van der Waals surface area (Å²) in [6, 6.07) is 4.32. The van der Waals surface area contributed by atoms with Crippen LogP contribution in [0.2, 0.25) is 0 Å². The SMILES string of the molecule is CCCNc1cc(NCCC(=O)NC2CC2)ccn1. The summed E-state index contributed by atoms with van der Waals surface area (Å²) in [4.78, 5) is 15.8. The minimum atomic E-state index is 0.133. The number of hydrogen-bond donors (Lipinski definition) is 3. The zero-order chi connectivity index (χ0) is 13.5. The van der Waals surface area contributed by atoms with Gasteiger partial charge in [0.2, 0.25) is 5.91 Å². The van der Waals surface area contributed by atoms with Gasteiger partial charge in [-0.1, -0.05) is 6.92 Å². The van der Waals surface area contributed by atoms with E-state index in [1.54, 1.807) is 6.20 Å². The number of nitrogens with one attached hydrogen (secondary N) is 3. The zero-order valence-corrected chi connectivity index (χ0v) is 11.4. The van der Waals surface area contributed by atoms with Crippen LogP contribution in [0.15, 0.2) is 18.3 Å². The normalized spacial score (nSPS) is 13.9. The Hall–Kier alpha value is -1.78. The summed E-state index contributed by atoms with van der Waals surface area (Å²) < 4.78 is 0. The van der Waals surface area contributed by atoms with E-state index in [2.05, 4.69) is 27.9 Å². The van der Waals surface area contributed by atoms with Crippen LogP contribution in [0, 0.1) is 0 Å². The van der Waals surface area contributed by atoms with Crippen LogP contribution in [0.25, 0.3) is 0 Å². The topological polar surface area (TPSA) is 66.0 Å². The van der Waals surface area contributed by atoms with Gasteiger partial charge in [-0.05, 0) is 25.3 Å². The Balaban J connectivity index is 1.70. The summed E-state index contributed by atoms with van der Waals surface area (Å²) >= 11 is 0. The Bertz CT molecular complexity index is 418. The first-order chi connectivity index (χ1) is 9.28. The van der Waals surface area contributed by atoms with E-state index >= 15 is 0 Å². The molecule has 1 aliphatic rings. The Morgan fingerprint density at radius 3 is 2.95 bits per heavy atom.